The molecule has 0 aliphatic rings. The Kier molecular flexibility index (Phi) is 4.82. The van der Waals surface area contributed by atoms with E-state index in [-0.39, 0.29) is 6.61 Å². The molecule has 0 atom stereocenters. The van der Waals surface area contributed by atoms with E-state index in [2.05, 4.69) is 4.74 Å². The minimum Gasteiger partial charge on any atom is -0.431 e. The molecule has 0 aliphatic carbocycles. The summed E-state index contributed by atoms with van der Waals surface area (Å²) in [5.74, 6) is 0.313. The minimum atomic E-state index is -0.216. The third-order valence-corrected chi connectivity index (χ3v) is 0.787. The zero-order valence-corrected chi connectivity index (χ0v) is 5.33. The number of hydrogen-bond acceptors (Lipinski definition) is 3. The maximum Gasteiger partial charge on any atom is 0.298 e. The fraction of sp³-hybridized carbons (Fsp3) is 0.500. The fourth-order valence-electron chi connectivity index (χ4n) is 0.439. The number of aliphatic hydroxyl groups excluding tert-OH is 1. The SMILES string of the molecule is CC/C=C(\CO)OC=O. The van der Waals surface area contributed by atoms with Gasteiger partial charge in [-0.05, 0) is 12.5 Å². The van der Waals surface area contributed by atoms with Crippen molar-refractivity contribution < 1.29 is 14.6 Å². The quantitative estimate of drug-likeness (QED) is 0.444. The number of allylic oxidation sites excluding steroid dienone is 1. The van der Waals surface area contributed by atoms with Crippen LogP contribution < -0.4 is 0 Å². The van der Waals surface area contributed by atoms with Gasteiger partial charge in [0.25, 0.3) is 6.47 Å². The minimum absolute atomic E-state index is 0.216. The van der Waals surface area contributed by atoms with Gasteiger partial charge in [0, 0.05) is 0 Å². The Bertz CT molecular complexity index is 107. The summed E-state index contributed by atoms with van der Waals surface area (Å²) >= 11 is 0. The molecule has 0 saturated heterocycles. The van der Waals surface area contributed by atoms with Gasteiger partial charge in [0.1, 0.15) is 12.4 Å². The van der Waals surface area contributed by atoms with E-state index >= 15 is 0 Å². The molecule has 0 radical (unpaired) electrons. The highest BCUT2D eigenvalue weighted by molar-refractivity contribution is 5.39. The third-order valence-electron chi connectivity index (χ3n) is 0.787. The first-order valence-electron chi connectivity index (χ1n) is 2.75. The molecule has 0 aromatic heterocycles. The normalized spacial score (nSPS) is 11.1. The van der Waals surface area contributed by atoms with Gasteiger partial charge in [0.2, 0.25) is 0 Å². The lowest BCUT2D eigenvalue weighted by atomic mass is 10.4. The second-order valence-electron chi connectivity index (χ2n) is 1.45. The Labute approximate surface area is 53.9 Å². The zero-order valence-electron chi connectivity index (χ0n) is 5.33. The highest BCUT2D eigenvalue weighted by atomic mass is 16.5. The summed E-state index contributed by atoms with van der Waals surface area (Å²) < 4.78 is 4.36. The smallest absolute Gasteiger partial charge is 0.298 e. The summed E-state index contributed by atoms with van der Waals surface area (Å²) in [4.78, 5) is 9.67. The second kappa shape index (κ2) is 5.31. The van der Waals surface area contributed by atoms with Crippen molar-refractivity contribution in [1.29, 1.82) is 0 Å². The van der Waals surface area contributed by atoms with Crippen molar-refractivity contribution in [3.8, 4) is 0 Å². The molecule has 52 valence electrons. The second-order valence-corrected chi connectivity index (χ2v) is 1.45. The number of hydrogen-bond donors (Lipinski definition) is 1. The van der Waals surface area contributed by atoms with Crippen molar-refractivity contribution >= 4 is 6.47 Å². The van der Waals surface area contributed by atoms with Crippen LogP contribution in [0.3, 0.4) is 0 Å². The van der Waals surface area contributed by atoms with Gasteiger partial charge in [-0.25, -0.2) is 0 Å². The molecule has 0 bridgehead atoms. The van der Waals surface area contributed by atoms with E-state index in [1.165, 1.54) is 0 Å². The number of carbonyl (C=O) groups is 1. The molecule has 0 aromatic rings. The van der Waals surface area contributed by atoms with Crippen LogP contribution in [-0.2, 0) is 9.53 Å². The topological polar surface area (TPSA) is 46.5 Å². The lowest BCUT2D eigenvalue weighted by Crippen LogP contribution is -1.94. The molecule has 0 unspecified atom stereocenters. The van der Waals surface area contributed by atoms with Crippen molar-refractivity contribution in [1.82, 2.24) is 0 Å². The molecule has 3 heteroatoms. The molecule has 9 heavy (non-hydrogen) atoms. The molecule has 1 N–H and O–H groups in total. The number of rotatable bonds is 4. The molecule has 0 spiro atoms. The highest BCUT2D eigenvalue weighted by Crippen LogP contribution is 1.94. The van der Waals surface area contributed by atoms with Crippen LogP contribution in [0.4, 0.5) is 0 Å². The van der Waals surface area contributed by atoms with Crippen LogP contribution in [0.5, 0.6) is 0 Å². The van der Waals surface area contributed by atoms with Gasteiger partial charge in [-0.1, -0.05) is 6.92 Å². The summed E-state index contributed by atoms with van der Waals surface area (Å²) in [5.41, 5.74) is 0. The van der Waals surface area contributed by atoms with Crippen molar-refractivity contribution in [3.63, 3.8) is 0 Å². The summed E-state index contributed by atoms with van der Waals surface area (Å²) in [5, 5.41) is 8.44. The predicted molar refractivity (Wildman–Crippen MR) is 32.6 cm³/mol. The first kappa shape index (κ1) is 8.17. The van der Waals surface area contributed by atoms with Gasteiger partial charge in [-0.2, -0.15) is 0 Å². The summed E-state index contributed by atoms with van der Waals surface area (Å²) in [6.45, 7) is 1.98. The molecule has 0 aliphatic heterocycles. The molecule has 0 saturated carbocycles. The van der Waals surface area contributed by atoms with Crippen molar-refractivity contribution in [2.45, 2.75) is 13.3 Å². The largest absolute Gasteiger partial charge is 0.431 e. The Hall–Kier alpha value is -0.830. The Morgan fingerprint density at radius 3 is 2.78 bits per heavy atom. The standard InChI is InChI=1S/C6H10O3/c1-2-3-6(4-7)9-5-8/h3,5,7H,2,4H2,1H3/b6-3+. The Balaban J connectivity index is 3.65. The number of aliphatic hydroxyl groups is 1. The molecule has 0 rings (SSSR count). The molecular weight excluding hydrogens is 120 g/mol. The number of carbonyl (C=O) groups excluding carboxylic acids is 1. The van der Waals surface area contributed by atoms with Crippen LogP contribution in [0.25, 0.3) is 0 Å². The van der Waals surface area contributed by atoms with Crippen LogP contribution in [0.1, 0.15) is 13.3 Å². The van der Waals surface area contributed by atoms with Gasteiger partial charge in [0.15, 0.2) is 0 Å². The summed E-state index contributed by atoms with van der Waals surface area (Å²) in [6.07, 6.45) is 2.40. The first-order valence-corrected chi connectivity index (χ1v) is 2.75. The maximum atomic E-state index is 9.67. The Morgan fingerprint density at radius 2 is 2.44 bits per heavy atom. The Morgan fingerprint density at radius 1 is 1.78 bits per heavy atom. The van der Waals surface area contributed by atoms with Crippen molar-refractivity contribution in [3.05, 3.63) is 11.8 Å². The van der Waals surface area contributed by atoms with Crippen LogP contribution in [0.15, 0.2) is 11.8 Å². The molecule has 0 fully saturated rings. The summed E-state index contributed by atoms with van der Waals surface area (Å²) in [6, 6.07) is 0. The van der Waals surface area contributed by atoms with Gasteiger partial charge < -0.3 is 9.84 Å². The zero-order chi connectivity index (χ0) is 7.11. The van der Waals surface area contributed by atoms with Gasteiger partial charge in [-0.15, -0.1) is 0 Å². The van der Waals surface area contributed by atoms with E-state index in [0.717, 1.165) is 6.42 Å². The monoisotopic (exact) mass is 130 g/mol. The fourth-order valence-corrected chi connectivity index (χ4v) is 0.439. The van der Waals surface area contributed by atoms with E-state index < -0.39 is 0 Å². The third kappa shape index (κ3) is 3.73. The van der Waals surface area contributed by atoms with E-state index in [1.807, 2.05) is 6.92 Å². The maximum absolute atomic E-state index is 9.67. The van der Waals surface area contributed by atoms with Gasteiger partial charge in [0.05, 0.1) is 0 Å². The first-order chi connectivity index (χ1) is 4.35. The van der Waals surface area contributed by atoms with E-state index in [9.17, 15) is 4.79 Å². The van der Waals surface area contributed by atoms with Crippen LogP contribution in [0.2, 0.25) is 0 Å². The molecular formula is C6H10O3. The van der Waals surface area contributed by atoms with Gasteiger partial charge in [-0.3, -0.25) is 4.79 Å². The van der Waals surface area contributed by atoms with Crippen molar-refractivity contribution in [2.24, 2.45) is 0 Å². The van der Waals surface area contributed by atoms with Crippen molar-refractivity contribution in [2.75, 3.05) is 6.61 Å². The predicted octanol–water partition coefficient (Wildman–Crippen LogP) is 0.446. The highest BCUT2D eigenvalue weighted by Gasteiger charge is 1.90. The van der Waals surface area contributed by atoms with Crippen LogP contribution in [-0.4, -0.2) is 18.2 Å². The van der Waals surface area contributed by atoms with E-state index in [0.29, 0.717) is 12.2 Å². The molecule has 0 amide bonds. The summed E-state index contributed by atoms with van der Waals surface area (Å²) in [7, 11) is 0. The average Bonchev–Trinajstić information content (AvgIpc) is 1.88. The average molecular weight is 130 g/mol. The molecule has 0 heterocycles. The lowest BCUT2D eigenvalue weighted by Gasteiger charge is -1.96. The lowest BCUT2D eigenvalue weighted by molar-refractivity contribution is -0.125. The van der Waals surface area contributed by atoms with E-state index in [1.54, 1.807) is 6.08 Å². The molecule has 3 nitrogen and oxygen atoms in total. The van der Waals surface area contributed by atoms with Crippen LogP contribution >= 0.6 is 0 Å². The van der Waals surface area contributed by atoms with Crippen LogP contribution in [0, 0.1) is 0 Å². The molecule has 0 aromatic carbocycles. The number of ether oxygens (including phenoxy) is 1. The van der Waals surface area contributed by atoms with Gasteiger partial charge >= 0.3 is 0 Å². The van der Waals surface area contributed by atoms with E-state index in [4.69, 9.17) is 5.11 Å².